The Morgan fingerprint density at radius 1 is 1.08 bits per heavy atom. The number of H-pyrrole nitrogens is 1. The smallest absolute Gasteiger partial charge is 0.140 e. The van der Waals surface area contributed by atoms with E-state index in [1.807, 2.05) is 30.6 Å². The molecule has 4 aromatic rings. The molecule has 5 nitrogen and oxygen atoms in total. The summed E-state index contributed by atoms with van der Waals surface area (Å²) in [6.07, 6.45) is 5.55. The van der Waals surface area contributed by atoms with E-state index in [9.17, 15) is 0 Å². The number of nitrogens with zero attached hydrogens (tertiary/aromatic N) is 3. The van der Waals surface area contributed by atoms with Gasteiger partial charge in [0.15, 0.2) is 0 Å². The zero-order valence-corrected chi connectivity index (χ0v) is 14.9. The van der Waals surface area contributed by atoms with Crippen molar-refractivity contribution in [2.24, 2.45) is 0 Å². The van der Waals surface area contributed by atoms with Gasteiger partial charge in [0.1, 0.15) is 11.5 Å². The number of anilines is 1. The van der Waals surface area contributed by atoms with Crippen LogP contribution in [0.3, 0.4) is 0 Å². The Morgan fingerprint density at radius 3 is 2.81 bits per heavy atom. The fraction of sp³-hybridized carbons (Fsp3) is 0.190. The maximum absolute atomic E-state index is 4.85. The summed E-state index contributed by atoms with van der Waals surface area (Å²) in [5.74, 6) is 1.21. The Hall–Kier alpha value is -3.21. The fourth-order valence-electron chi connectivity index (χ4n) is 2.96. The molecular weight excluding hydrogens is 322 g/mol. The van der Waals surface area contributed by atoms with Gasteiger partial charge >= 0.3 is 0 Å². The maximum Gasteiger partial charge on any atom is 0.140 e. The van der Waals surface area contributed by atoms with Crippen LogP contribution in [0.5, 0.6) is 0 Å². The average molecular weight is 343 g/mol. The lowest BCUT2D eigenvalue weighted by Crippen LogP contribution is -2.02. The molecule has 4 rings (SSSR count). The normalized spacial score (nSPS) is 11.2. The topological polar surface area (TPSA) is 66.5 Å². The third-order valence-electron chi connectivity index (χ3n) is 4.36. The van der Waals surface area contributed by atoms with Gasteiger partial charge in [0.2, 0.25) is 0 Å². The predicted octanol–water partition coefficient (Wildman–Crippen LogP) is 4.76. The largest absolute Gasteiger partial charge is 0.366 e. The Balaban J connectivity index is 1.72. The molecule has 5 heteroatoms. The summed E-state index contributed by atoms with van der Waals surface area (Å²) in [6, 6.07) is 14.3. The molecule has 0 fully saturated rings. The molecule has 2 N–H and O–H groups in total. The molecule has 0 aromatic carbocycles. The summed E-state index contributed by atoms with van der Waals surface area (Å²) in [5.41, 5.74) is 5.10. The van der Waals surface area contributed by atoms with Crippen molar-refractivity contribution < 1.29 is 0 Å². The van der Waals surface area contributed by atoms with Crippen molar-refractivity contribution in [2.45, 2.75) is 26.3 Å². The van der Waals surface area contributed by atoms with Crippen LogP contribution in [0.25, 0.3) is 22.3 Å². The molecule has 4 heterocycles. The highest BCUT2D eigenvalue weighted by atomic mass is 15.0. The van der Waals surface area contributed by atoms with Crippen LogP contribution >= 0.6 is 0 Å². The molecule has 0 aliphatic heterocycles. The average Bonchev–Trinajstić information content (AvgIpc) is 3.15. The van der Waals surface area contributed by atoms with Crippen molar-refractivity contribution in [1.29, 1.82) is 0 Å². The zero-order valence-electron chi connectivity index (χ0n) is 14.9. The van der Waals surface area contributed by atoms with Crippen LogP contribution in [-0.2, 0) is 6.54 Å². The second kappa shape index (κ2) is 6.96. The minimum atomic E-state index is 0.390. The van der Waals surface area contributed by atoms with Gasteiger partial charge in [-0.05, 0) is 41.8 Å². The van der Waals surface area contributed by atoms with E-state index < -0.39 is 0 Å². The number of nitrogens with one attached hydrogen (secondary N) is 2. The molecule has 0 saturated carbocycles. The first kappa shape index (κ1) is 16.3. The van der Waals surface area contributed by atoms with E-state index in [2.05, 4.69) is 58.4 Å². The molecule has 0 atom stereocenters. The second-order valence-electron chi connectivity index (χ2n) is 6.61. The van der Waals surface area contributed by atoms with E-state index in [1.165, 1.54) is 0 Å². The van der Waals surface area contributed by atoms with Crippen LogP contribution in [0.2, 0.25) is 0 Å². The highest BCUT2D eigenvalue weighted by Crippen LogP contribution is 2.29. The third kappa shape index (κ3) is 3.28. The molecule has 0 radical (unpaired) electrons. The van der Waals surface area contributed by atoms with Crippen molar-refractivity contribution in [1.82, 2.24) is 19.9 Å². The van der Waals surface area contributed by atoms with Crippen LogP contribution in [0.1, 0.15) is 31.0 Å². The van der Waals surface area contributed by atoms with Crippen molar-refractivity contribution in [3.05, 3.63) is 72.3 Å². The monoisotopic (exact) mass is 343 g/mol. The van der Waals surface area contributed by atoms with E-state index in [0.29, 0.717) is 12.5 Å². The number of hydrogen-bond donors (Lipinski definition) is 2. The molecule has 0 amide bonds. The van der Waals surface area contributed by atoms with Crippen LogP contribution < -0.4 is 5.32 Å². The summed E-state index contributed by atoms with van der Waals surface area (Å²) in [6.45, 7) is 4.99. The number of fused-ring (bicyclic) bond motifs is 1. The first-order valence-corrected chi connectivity index (χ1v) is 8.79. The van der Waals surface area contributed by atoms with Gasteiger partial charge in [0, 0.05) is 41.8 Å². The van der Waals surface area contributed by atoms with Gasteiger partial charge in [-0.15, -0.1) is 0 Å². The Bertz CT molecular complexity index is 1020. The van der Waals surface area contributed by atoms with E-state index >= 15 is 0 Å². The molecule has 130 valence electrons. The quantitative estimate of drug-likeness (QED) is 0.548. The van der Waals surface area contributed by atoms with Crippen LogP contribution in [0, 0.1) is 0 Å². The predicted molar refractivity (Wildman–Crippen MR) is 105 cm³/mol. The fourth-order valence-corrected chi connectivity index (χ4v) is 2.96. The molecule has 0 aliphatic rings. The molecule has 4 aromatic heterocycles. The van der Waals surface area contributed by atoms with Crippen molar-refractivity contribution >= 4 is 16.9 Å². The van der Waals surface area contributed by atoms with Gasteiger partial charge in [0.25, 0.3) is 0 Å². The van der Waals surface area contributed by atoms with Crippen LogP contribution in [-0.4, -0.2) is 19.9 Å². The van der Waals surface area contributed by atoms with E-state index in [-0.39, 0.29) is 0 Å². The van der Waals surface area contributed by atoms with Gasteiger partial charge in [-0.1, -0.05) is 26.0 Å². The SMILES string of the molecule is CC(C)c1cccc(-c2cc(NCc3cccnc3)nc3[nH]ccc23)n1. The zero-order chi connectivity index (χ0) is 17.9. The number of aromatic nitrogens is 4. The molecule has 0 saturated heterocycles. The standard InChI is InChI=1S/C21H21N5/c1-14(2)18-6-3-7-19(25-18)17-11-20(26-21-16(17)8-10-23-21)24-13-15-5-4-9-22-12-15/h3-12,14H,13H2,1-2H3,(H2,23,24,26). The highest BCUT2D eigenvalue weighted by molar-refractivity contribution is 5.93. The molecule has 0 unspecified atom stereocenters. The highest BCUT2D eigenvalue weighted by Gasteiger charge is 2.11. The molecule has 0 aliphatic carbocycles. The van der Waals surface area contributed by atoms with Gasteiger partial charge in [-0.3, -0.25) is 9.97 Å². The summed E-state index contributed by atoms with van der Waals surface area (Å²) >= 11 is 0. The molecule has 26 heavy (non-hydrogen) atoms. The van der Waals surface area contributed by atoms with E-state index in [0.717, 1.165) is 39.4 Å². The van der Waals surface area contributed by atoms with Crippen molar-refractivity contribution in [3.63, 3.8) is 0 Å². The lowest BCUT2D eigenvalue weighted by atomic mass is 10.1. The number of aromatic amines is 1. The Labute approximate surface area is 152 Å². The number of rotatable bonds is 5. The van der Waals surface area contributed by atoms with Crippen LogP contribution in [0.4, 0.5) is 5.82 Å². The minimum Gasteiger partial charge on any atom is -0.366 e. The maximum atomic E-state index is 4.85. The second-order valence-corrected chi connectivity index (χ2v) is 6.61. The summed E-state index contributed by atoms with van der Waals surface area (Å²) in [4.78, 5) is 16.9. The first-order valence-electron chi connectivity index (χ1n) is 8.79. The minimum absolute atomic E-state index is 0.390. The molecular formula is C21H21N5. The summed E-state index contributed by atoms with van der Waals surface area (Å²) in [5, 5.41) is 4.47. The third-order valence-corrected chi connectivity index (χ3v) is 4.36. The molecule has 0 spiro atoms. The van der Waals surface area contributed by atoms with Crippen LogP contribution in [0.15, 0.2) is 61.1 Å². The summed E-state index contributed by atoms with van der Waals surface area (Å²) < 4.78 is 0. The van der Waals surface area contributed by atoms with Gasteiger partial charge in [-0.2, -0.15) is 0 Å². The summed E-state index contributed by atoms with van der Waals surface area (Å²) in [7, 11) is 0. The van der Waals surface area contributed by atoms with Crippen molar-refractivity contribution in [2.75, 3.05) is 5.32 Å². The van der Waals surface area contributed by atoms with E-state index in [4.69, 9.17) is 4.98 Å². The van der Waals surface area contributed by atoms with Crippen molar-refractivity contribution in [3.8, 4) is 11.3 Å². The number of pyridine rings is 3. The number of hydrogen-bond acceptors (Lipinski definition) is 4. The first-order chi connectivity index (χ1) is 12.7. The van der Waals surface area contributed by atoms with Gasteiger partial charge in [-0.25, -0.2) is 4.98 Å². The lowest BCUT2D eigenvalue weighted by Gasteiger charge is -2.11. The van der Waals surface area contributed by atoms with E-state index in [1.54, 1.807) is 6.20 Å². The van der Waals surface area contributed by atoms with Gasteiger partial charge < -0.3 is 10.3 Å². The lowest BCUT2D eigenvalue weighted by molar-refractivity contribution is 0.825. The van der Waals surface area contributed by atoms with Gasteiger partial charge in [0.05, 0.1) is 5.69 Å². The molecule has 0 bridgehead atoms. The Kier molecular flexibility index (Phi) is 4.35. The Morgan fingerprint density at radius 2 is 2.00 bits per heavy atom.